The quantitative estimate of drug-likeness (QED) is 0.543. The zero-order valence-corrected chi connectivity index (χ0v) is 14.8. The molecule has 25 heavy (non-hydrogen) atoms. The van der Waals surface area contributed by atoms with Gasteiger partial charge in [0.1, 0.15) is 18.2 Å². The number of hydrogen-bond acceptors (Lipinski definition) is 2. The van der Waals surface area contributed by atoms with Gasteiger partial charge in [-0.05, 0) is 42.0 Å². The van der Waals surface area contributed by atoms with Crippen LogP contribution in [0.15, 0.2) is 66.7 Å². The maximum absolute atomic E-state index is 13.6. The Kier molecular flexibility index (Phi) is 5.79. The maximum atomic E-state index is 13.6. The van der Waals surface area contributed by atoms with E-state index in [4.69, 9.17) is 27.9 Å². The standard InChI is InChI=1S/C20H16Cl2FNO/c21-16-8-9-20(18(22)11-16)24-12-14-4-3-6-17(10-14)25-13-15-5-1-2-7-19(15)23/h1-11,24H,12-13H2. The van der Waals surface area contributed by atoms with Gasteiger partial charge in [0.15, 0.2) is 0 Å². The smallest absolute Gasteiger partial charge is 0.129 e. The van der Waals surface area contributed by atoms with Crippen molar-refractivity contribution in [2.75, 3.05) is 5.32 Å². The third-order valence-electron chi connectivity index (χ3n) is 3.66. The van der Waals surface area contributed by atoms with Gasteiger partial charge < -0.3 is 10.1 Å². The van der Waals surface area contributed by atoms with Crippen LogP contribution in [0.25, 0.3) is 0 Å². The van der Waals surface area contributed by atoms with Gasteiger partial charge in [-0.2, -0.15) is 0 Å². The van der Waals surface area contributed by atoms with Gasteiger partial charge in [-0.1, -0.05) is 53.5 Å². The summed E-state index contributed by atoms with van der Waals surface area (Å²) in [7, 11) is 0. The van der Waals surface area contributed by atoms with Crippen molar-refractivity contribution in [3.05, 3.63) is 93.7 Å². The molecule has 0 radical (unpaired) electrons. The van der Waals surface area contributed by atoms with Gasteiger partial charge in [0, 0.05) is 17.1 Å². The van der Waals surface area contributed by atoms with Crippen molar-refractivity contribution in [2.24, 2.45) is 0 Å². The van der Waals surface area contributed by atoms with E-state index in [1.165, 1.54) is 6.07 Å². The molecule has 0 aromatic heterocycles. The second kappa shape index (κ2) is 8.24. The van der Waals surface area contributed by atoms with Crippen LogP contribution >= 0.6 is 23.2 Å². The monoisotopic (exact) mass is 375 g/mol. The van der Waals surface area contributed by atoms with Crippen LogP contribution in [0, 0.1) is 5.82 Å². The Morgan fingerprint density at radius 3 is 2.56 bits per heavy atom. The fourth-order valence-corrected chi connectivity index (χ4v) is 2.83. The molecule has 0 heterocycles. The lowest BCUT2D eigenvalue weighted by Gasteiger charge is -2.11. The van der Waals surface area contributed by atoms with Gasteiger partial charge in [0.25, 0.3) is 0 Å². The molecule has 128 valence electrons. The second-order valence-electron chi connectivity index (χ2n) is 5.51. The first-order chi connectivity index (χ1) is 12.1. The van der Waals surface area contributed by atoms with Crippen LogP contribution in [-0.4, -0.2) is 0 Å². The summed E-state index contributed by atoms with van der Waals surface area (Å²) >= 11 is 12.0. The lowest BCUT2D eigenvalue weighted by molar-refractivity contribution is 0.299. The van der Waals surface area contributed by atoms with E-state index in [9.17, 15) is 4.39 Å². The Morgan fingerprint density at radius 2 is 1.76 bits per heavy atom. The zero-order chi connectivity index (χ0) is 17.6. The minimum absolute atomic E-state index is 0.187. The van der Waals surface area contributed by atoms with Gasteiger partial charge in [-0.15, -0.1) is 0 Å². The lowest BCUT2D eigenvalue weighted by Crippen LogP contribution is -2.01. The first kappa shape index (κ1) is 17.6. The summed E-state index contributed by atoms with van der Waals surface area (Å²) in [4.78, 5) is 0. The molecule has 0 atom stereocenters. The molecule has 3 rings (SSSR count). The molecule has 0 saturated carbocycles. The van der Waals surface area contributed by atoms with E-state index in [1.54, 1.807) is 30.3 Å². The summed E-state index contributed by atoms with van der Waals surface area (Å²) in [6, 6.07) is 19.5. The Balaban J connectivity index is 1.62. The number of anilines is 1. The van der Waals surface area contributed by atoms with Crippen LogP contribution in [0.4, 0.5) is 10.1 Å². The van der Waals surface area contributed by atoms with Crippen molar-refractivity contribution in [3.63, 3.8) is 0 Å². The zero-order valence-electron chi connectivity index (χ0n) is 13.3. The Hall–Kier alpha value is -2.23. The Morgan fingerprint density at radius 1 is 0.920 bits per heavy atom. The maximum Gasteiger partial charge on any atom is 0.129 e. The minimum Gasteiger partial charge on any atom is -0.489 e. The molecule has 0 aliphatic heterocycles. The van der Waals surface area contributed by atoms with E-state index in [0.29, 0.717) is 27.9 Å². The van der Waals surface area contributed by atoms with Crippen LogP contribution in [-0.2, 0) is 13.2 Å². The van der Waals surface area contributed by atoms with E-state index in [0.717, 1.165) is 11.3 Å². The van der Waals surface area contributed by atoms with Gasteiger partial charge in [-0.3, -0.25) is 0 Å². The largest absolute Gasteiger partial charge is 0.489 e. The second-order valence-corrected chi connectivity index (χ2v) is 6.35. The van der Waals surface area contributed by atoms with Crippen LogP contribution in [0.2, 0.25) is 10.0 Å². The molecule has 0 fully saturated rings. The highest BCUT2D eigenvalue weighted by atomic mass is 35.5. The average Bonchev–Trinajstić information content (AvgIpc) is 2.61. The first-order valence-electron chi connectivity index (χ1n) is 7.76. The topological polar surface area (TPSA) is 21.3 Å². The van der Waals surface area contributed by atoms with Crippen molar-refractivity contribution >= 4 is 28.9 Å². The molecule has 2 nitrogen and oxygen atoms in total. The van der Waals surface area contributed by atoms with Crippen LogP contribution in [0.5, 0.6) is 5.75 Å². The van der Waals surface area contributed by atoms with E-state index < -0.39 is 0 Å². The molecular formula is C20H16Cl2FNO. The molecule has 0 spiro atoms. The van der Waals surface area contributed by atoms with E-state index in [1.807, 2.05) is 30.3 Å². The van der Waals surface area contributed by atoms with Gasteiger partial charge in [-0.25, -0.2) is 4.39 Å². The predicted molar refractivity (Wildman–Crippen MR) is 101 cm³/mol. The van der Waals surface area contributed by atoms with Crippen molar-refractivity contribution < 1.29 is 9.13 Å². The molecule has 0 unspecified atom stereocenters. The number of hydrogen-bond donors (Lipinski definition) is 1. The fourth-order valence-electron chi connectivity index (χ4n) is 2.35. The van der Waals surface area contributed by atoms with E-state index in [-0.39, 0.29) is 12.4 Å². The summed E-state index contributed by atoms with van der Waals surface area (Å²) in [5.74, 6) is 0.419. The summed E-state index contributed by atoms with van der Waals surface area (Å²) in [5, 5.41) is 4.43. The number of benzene rings is 3. The molecule has 0 bridgehead atoms. The predicted octanol–water partition coefficient (Wildman–Crippen LogP) is 6.32. The first-order valence-corrected chi connectivity index (χ1v) is 8.51. The lowest BCUT2D eigenvalue weighted by atomic mass is 10.2. The highest BCUT2D eigenvalue weighted by Crippen LogP contribution is 2.26. The molecular weight excluding hydrogens is 360 g/mol. The summed E-state index contributed by atoms with van der Waals surface area (Å²) in [6.07, 6.45) is 0. The highest BCUT2D eigenvalue weighted by Gasteiger charge is 2.04. The van der Waals surface area contributed by atoms with Crippen molar-refractivity contribution in [2.45, 2.75) is 13.2 Å². The minimum atomic E-state index is -0.266. The highest BCUT2D eigenvalue weighted by molar-refractivity contribution is 6.36. The molecule has 3 aromatic carbocycles. The van der Waals surface area contributed by atoms with Crippen LogP contribution in [0.1, 0.15) is 11.1 Å². The SMILES string of the molecule is Fc1ccccc1COc1cccc(CNc2ccc(Cl)cc2Cl)c1. The summed E-state index contributed by atoms with van der Waals surface area (Å²) in [6.45, 7) is 0.769. The number of ether oxygens (including phenoxy) is 1. The van der Waals surface area contributed by atoms with Crippen molar-refractivity contribution in [1.29, 1.82) is 0 Å². The molecule has 0 aliphatic rings. The molecule has 0 amide bonds. The molecule has 0 aliphatic carbocycles. The molecule has 0 saturated heterocycles. The Labute approximate surface area is 156 Å². The normalized spacial score (nSPS) is 10.5. The molecule has 1 N–H and O–H groups in total. The van der Waals surface area contributed by atoms with Crippen LogP contribution < -0.4 is 10.1 Å². The molecule has 5 heteroatoms. The number of rotatable bonds is 6. The van der Waals surface area contributed by atoms with Gasteiger partial charge in [0.05, 0.1) is 10.7 Å². The number of halogens is 3. The third-order valence-corrected chi connectivity index (χ3v) is 4.21. The fraction of sp³-hybridized carbons (Fsp3) is 0.100. The number of nitrogens with one attached hydrogen (secondary N) is 1. The van der Waals surface area contributed by atoms with Crippen LogP contribution in [0.3, 0.4) is 0 Å². The summed E-state index contributed by atoms with van der Waals surface area (Å²) in [5.41, 5.74) is 2.36. The Bertz CT molecular complexity index is 870. The third kappa shape index (κ3) is 4.88. The van der Waals surface area contributed by atoms with Crippen molar-refractivity contribution in [1.82, 2.24) is 0 Å². The van der Waals surface area contributed by atoms with Crippen molar-refractivity contribution in [3.8, 4) is 5.75 Å². The van der Waals surface area contributed by atoms with Gasteiger partial charge >= 0.3 is 0 Å². The van der Waals surface area contributed by atoms with Gasteiger partial charge in [0.2, 0.25) is 0 Å². The van der Waals surface area contributed by atoms with E-state index in [2.05, 4.69) is 5.32 Å². The average molecular weight is 376 g/mol. The summed E-state index contributed by atoms with van der Waals surface area (Å²) < 4.78 is 19.3. The molecule has 3 aromatic rings. The van der Waals surface area contributed by atoms with E-state index >= 15 is 0 Å².